The topological polar surface area (TPSA) is 4.93 Å². The number of hydrogen-bond acceptors (Lipinski definition) is 0. The number of fused-ring (bicyclic) bond motifs is 3. The molecular formula is C26H25N. The molecule has 2 aliphatic rings. The molecule has 0 unspecified atom stereocenters. The van der Waals surface area contributed by atoms with Gasteiger partial charge in [-0.15, -0.1) is 0 Å². The van der Waals surface area contributed by atoms with Crippen LogP contribution < -0.4 is 10.6 Å². The Balaban J connectivity index is 1.48. The van der Waals surface area contributed by atoms with E-state index in [1.165, 1.54) is 39.2 Å². The molecule has 27 heavy (non-hydrogen) atoms. The van der Waals surface area contributed by atoms with Crippen LogP contribution in [-0.4, -0.2) is 4.57 Å². The molecule has 0 saturated carbocycles. The van der Waals surface area contributed by atoms with Crippen LogP contribution in [0.5, 0.6) is 0 Å². The summed E-state index contributed by atoms with van der Waals surface area (Å²) in [4.78, 5) is 0. The zero-order valence-electron chi connectivity index (χ0n) is 15.7. The fourth-order valence-electron chi connectivity index (χ4n) is 4.47. The molecule has 0 aliphatic heterocycles. The van der Waals surface area contributed by atoms with Crippen LogP contribution in [0.25, 0.3) is 28.8 Å². The SMILES string of the molecule is C1=C(CCc2ccccc2)CCC(n2c3c(c4ccccc42)=CCCC=3)=C1. The first-order valence-electron chi connectivity index (χ1n) is 10.1. The molecule has 1 aromatic heterocycles. The van der Waals surface area contributed by atoms with Gasteiger partial charge in [0.2, 0.25) is 0 Å². The van der Waals surface area contributed by atoms with E-state index in [1.54, 1.807) is 5.57 Å². The van der Waals surface area contributed by atoms with Gasteiger partial charge in [-0.25, -0.2) is 0 Å². The highest BCUT2D eigenvalue weighted by atomic mass is 15.0. The zero-order chi connectivity index (χ0) is 18.1. The monoisotopic (exact) mass is 351 g/mol. The Morgan fingerprint density at radius 3 is 2.41 bits per heavy atom. The molecule has 3 aromatic rings. The van der Waals surface area contributed by atoms with Crippen molar-refractivity contribution in [3.63, 3.8) is 0 Å². The van der Waals surface area contributed by atoms with Gasteiger partial charge in [0, 0.05) is 21.7 Å². The molecule has 0 radical (unpaired) electrons. The predicted molar refractivity (Wildman–Crippen MR) is 116 cm³/mol. The third kappa shape index (κ3) is 3.08. The van der Waals surface area contributed by atoms with Crippen molar-refractivity contribution in [2.45, 2.75) is 38.5 Å². The summed E-state index contributed by atoms with van der Waals surface area (Å²) >= 11 is 0. The average molecular weight is 351 g/mol. The van der Waals surface area contributed by atoms with E-state index < -0.39 is 0 Å². The lowest BCUT2D eigenvalue weighted by molar-refractivity contribution is 0.823. The second-order valence-corrected chi connectivity index (χ2v) is 7.61. The van der Waals surface area contributed by atoms with Crippen molar-refractivity contribution in [1.29, 1.82) is 0 Å². The fourth-order valence-corrected chi connectivity index (χ4v) is 4.47. The number of allylic oxidation sites excluding steroid dienone is 4. The summed E-state index contributed by atoms with van der Waals surface area (Å²) in [6, 6.07) is 19.7. The van der Waals surface area contributed by atoms with Crippen molar-refractivity contribution in [2.24, 2.45) is 0 Å². The lowest BCUT2D eigenvalue weighted by atomic mass is 9.96. The summed E-state index contributed by atoms with van der Waals surface area (Å²) in [6.45, 7) is 0. The summed E-state index contributed by atoms with van der Waals surface area (Å²) < 4.78 is 2.50. The van der Waals surface area contributed by atoms with Crippen molar-refractivity contribution < 1.29 is 0 Å². The van der Waals surface area contributed by atoms with Gasteiger partial charge >= 0.3 is 0 Å². The summed E-state index contributed by atoms with van der Waals surface area (Å²) in [7, 11) is 0. The number of aromatic nitrogens is 1. The third-order valence-electron chi connectivity index (χ3n) is 5.88. The van der Waals surface area contributed by atoms with Crippen molar-refractivity contribution in [2.75, 3.05) is 0 Å². The summed E-state index contributed by atoms with van der Waals surface area (Å²) in [6.07, 6.45) is 16.5. The van der Waals surface area contributed by atoms with Crippen LogP contribution in [0.1, 0.15) is 37.7 Å². The minimum absolute atomic E-state index is 1.12. The second-order valence-electron chi connectivity index (χ2n) is 7.61. The minimum atomic E-state index is 1.12. The van der Waals surface area contributed by atoms with E-state index in [2.05, 4.69) is 83.5 Å². The molecule has 2 aliphatic carbocycles. The number of benzene rings is 2. The van der Waals surface area contributed by atoms with Crippen LogP contribution in [0, 0.1) is 0 Å². The number of nitrogens with zero attached hydrogens (tertiary/aromatic N) is 1. The van der Waals surface area contributed by atoms with Crippen molar-refractivity contribution in [3.05, 3.63) is 88.5 Å². The Kier molecular flexibility index (Phi) is 4.29. The van der Waals surface area contributed by atoms with Gasteiger partial charge in [0.25, 0.3) is 0 Å². The molecule has 1 nitrogen and oxygen atoms in total. The average Bonchev–Trinajstić information content (AvgIpc) is 3.08. The normalized spacial score (nSPS) is 16.1. The van der Waals surface area contributed by atoms with Crippen molar-refractivity contribution >= 4 is 28.8 Å². The molecule has 0 bridgehead atoms. The molecule has 0 spiro atoms. The van der Waals surface area contributed by atoms with E-state index >= 15 is 0 Å². The van der Waals surface area contributed by atoms with Crippen LogP contribution in [0.4, 0.5) is 0 Å². The summed E-state index contributed by atoms with van der Waals surface area (Å²) in [5.74, 6) is 0. The first-order valence-corrected chi connectivity index (χ1v) is 10.1. The van der Waals surface area contributed by atoms with Gasteiger partial charge in [-0.3, -0.25) is 0 Å². The summed E-state index contributed by atoms with van der Waals surface area (Å²) in [5.41, 5.74) is 5.79. The number of hydrogen-bond donors (Lipinski definition) is 0. The van der Waals surface area contributed by atoms with E-state index in [0.717, 1.165) is 32.1 Å². The highest BCUT2D eigenvalue weighted by Gasteiger charge is 2.14. The number of aryl methyl sites for hydroxylation is 1. The van der Waals surface area contributed by atoms with Crippen LogP contribution in [0.3, 0.4) is 0 Å². The lowest BCUT2D eigenvalue weighted by Crippen LogP contribution is -2.30. The van der Waals surface area contributed by atoms with Gasteiger partial charge in [-0.1, -0.05) is 72.3 Å². The van der Waals surface area contributed by atoms with Crippen molar-refractivity contribution in [3.8, 4) is 0 Å². The predicted octanol–water partition coefficient (Wildman–Crippen LogP) is 5.19. The molecule has 0 N–H and O–H groups in total. The first-order chi connectivity index (χ1) is 13.4. The molecule has 1 heteroatoms. The molecule has 0 amide bonds. The van der Waals surface area contributed by atoms with Crippen LogP contribution >= 0.6 is 0 Å². The van der Waals surface area contributed by atoms with Gasteiger partial charge in [-0.05, 0) is 56.2 Å². The Bertz CT molecular complexity index is 1160. The zero-order valence-corrected chi connectivity index (χ0v) is 15.7. The Morgan fingerprint density at radius 1 is 0.741 bits per heavy atom. The Hall–Kier alpha value is -2.80. The smallest absolute Gasteiger partial charge is 0.0537 e. The van der Waals surface area contributed by atoms with E-state index in [0.29, 0.717) is 0 Å². The molecule has 0 saturated heterocycles. The van der Waals surface area contributed by atoms with E-state index in [-0.39, 0.29) is 0 Å². The van der Waals surface area contributed by atoms with Gasteiger partial charge < -0.3 is 4.57 Å². The molecule has 2 aromatic carbocycles. The standard InChI is InChI=1S/C26H25N/c1-2-8-20(9-3-1)14-15-21-16-18-22(19-17-21)27-25-12-6-4-10-23(25)24-11-5-7-13-26(24)27/h1-4,6,8-13,16,18H,5,7,14-15,17,19H2. The largest absolute Gasteiger partial charge is 0.313 e. The maximum absolute atomic E-state index is 2.50. The molecular weight excluding hydrogens is 326 g/mol. The second kappa shape index (κ2) is 7.08. The highest BCUT2D eigenvalue weighted by Crippen LogP contribution is 2.26. The van der Waals surface area contributed by atoms with E-state index in [9.17, 15) is 0 Å². The maximum atomic E-state index is 2.50. The minimum Gasteiger partial charge on any atom is -0.313 e. The van der Waals surface area contributed by atoms with Gasteiger partial charge in [0.15, 0.2) is 0 Å². The van der Waals surface area contributed by atoms with Crippen LogP contribution in [0.15, 0.2) is 72.3 Å². The maximum Gasteiger partial charge on any atom is 0.0537 e. The van der Waals surface area contributed by atoms with Crippen LogP contribution in [-0.2, 0) is 6.42 Å². The van der Waals surface area contributed by atoms with E-state index in [1.807, 2.05) is 0 Å². The lowest BCUT2D eigenvalue weighted by Gasteiger charge is -2.18. The Morgan fingerprint density at radius 2 is 1.56 bits per heavy atom. The molecule has 5 rings (SSSR count). The third-order valence-corrected chi connectivity index (χ3v) is 5.88. The molecule has 1 heterocycles. The number of rotatable bonds is 4. The van der Waals surface area contributed by atoms with Gasteiger partial charge in [0.05, 0.1) is 5.52 Å². The molecule has 0 atom stereocenters. The highest BCUT2D eigenvalue weighted by molar-refractivity contribution is 5.86. The van der Waals surface area contributed by atoms with Gasteiger partial charge in [0.1, 0.15) is 0 Å². The fraction of sp³-hybridized carbons (Fsp3) is 0.231. The van der Waals surface area contributed by atoms with Gasteiger partial charge in [-0.2, -0.15) is 0 Å². The molecule has 134 valence electrons. The van der Waals surface area contributed by atoms with Crippen molar-refractivity contribution in [1.82, 2.24) is 4.57 Å². The first kappa shape index (κ1) is 16.4. The Labute approximate surface area is 160 Å². The van der Waals surface area contributed by atoms with E-state index in [4.69, 9.17) is 0 Å². The quantitative estimate of drug-likeness (QED) is 0.609. The van der Waals surface area contributed by atoms with Crippen LogP contribution in [0.2, 0.25) is 0 Å². The number of para-hydroxylation sites is 1. The summed E-state index contributed by atoms with van der Waals surface area (Å²) in [5, 5.41) is 4.22. The molecule has 0 fully saturated rings.